The van der Waals surface area contributed by atoms with Crippen LogP contribution in [-0.2, 0) is 17.8 Å². The second kappa shape index (κ2) is 4.69. The molecule has 86 valence electrons. The average molecular weight is 217 g/mol. The van der Waals surface area contributed by atoms with Crippen molar-refractivity contribution >= 4 is 5.91 Å². The van der Waals surface area contributed by atoms with E-state index in [1.54, 1.807) is 0 Å². The summed E-state index contributed by atoms with van der Waals surface area (Å²) in [5, 5.41) is 0. The molecular formula is C14H19NO. The van der Waals surface area contributed by atoms with Gasteiger partial charge in [0.2, 0.25) is 5.91 Å². The van der Waals surface area contributed by atoms with Crippen molar-refractivity contribution in [2.75, 3.05) is 6.54 Å². The van der Waals surface area contributed by atoms with Crippen molar-refractivity contribution in [1.29, 1.82) is 0 Å². The van der Waals surface area contributed by atoms with Crippen molar-refractivity contribution in [3.63, 3.8) is 0 Å². The molecule has 1 amide bonds. The Kier molecular flexibility index (Phi) is 3.28. The molecule has 0 aromatic heterocycles. The van der Waals surface area contributed by atoms with Crippen LogP contribution in [0.5, 0.6) is 0 Å². The summed E-state index contributed by atoms with van der Waals surface area (Å²) in [6.45, 7) is 5.94. The Labute approximate surface area is 97.3 Å². The molecule has 0 saturated carbocycles. The molecule has 0 spiro atoms. The highest BCUT2D eigenvalue weighted by molar-refractivity contribution is 5.80. The van der Waals surface area contributed by atoms with Crippen molar-refractivity contribution in [1.82, 2.24) is 4.90 Å². The summed E-state index contributed by atoms with van der Waals surface area (Å²) in [4.78, 5) is 13.9. The smallest absolute Gasteiger partial charge is 0.227 e. The fourth-order valence-electron chi connectivity index (χ4n) is 2.19. The quantitative estimate of drug-likeness (QED) is 0.762. The Morgan fingerprint density at radius 1 is 1.31 bits per heavy atom. The average Bonchev–Trinajstić information content (AvgIpc) is 2.26. The first kappa shape index (κ1) is 11.2. The van der Waals surface area contributed by atoms with E-state index >= 15 is 0 Å². The fourth-order valence-corrected chi connectivity index (χ4v) is 2.19. The highest BCUT2D eigenvalue weighted by Crippen LogP contribution is 2.21. The van der Waals surface area contributed by atoms with Gasteiger partial charge in [-0.25, -0.2) is 0 Å². The summed E-state index contributed by atoms with van der Waals surface area (Å²) >= 11 is 0. The van der Waals surface area contributed by atoms with Crippen molar-refractivity contribution in [2.24, 2.45) is 0 Å². The molecule has 2 rings (SSSR count). The Bertz CT molecular complexity index is 398. The number of carbonyl (C=O) groups is 1. The van der Waals surface area contributed by atoms with Gasteiger partial charge >= 0.3 is 0 Å². The van der Waals surface area contributed by atoms with Crippen molar-refractivity contribution in [3.8, 4) is 0 Å². The first-order valence-corrected chi connectivity index (χ1v) is 6.07. The molecule has 0 saturated heterocycles. The molecule has 1 aliphatic heterocycles. The van der Waals surface area contributed by atoms with Crippen LogP contribution in [0.15, 0.2) is 18.2 Å². The molecule has 1 aromatic carbocycles. The number of benzene rings is 1. The number of rotatable bonds is 3. The van der Waals surface area contributed by atoms with Crippen LogP contribution in [0, 0.1) is 6.92 Å². The van der Waals surface area contributed by atoms with E-state index in [-0.39, 0.29) is 5.91 Å². The molecule has 0 bridgehead atoms. The number of unbranched alkanes of at least 4 members (excludes halogenated alkanes) is 1. The monoisotopic (exact) mass is 217 g/mol. The van der Waals surface area contributed by atoms with Crippen LogP contribution < -0.4 is 0 Å². The number of nitrogens with zero attached hydrogens (tertiary/aromatic N) is 1. The molecule has 1 aromatic rings. The highest BCUT2D eigenvalue weighted by Gasteiger charge is 2.21. The van der Waals surface area contributed by atoms with Gasteiger partial charge in [0.1, 0.15) is 0 Å². The number of hydrogen-bond acceptors (Lipinski definition) is 1. The number of hydrogen-bond donors (Lipinski definition) is 0. The van der Waals surface area contributed by atoms with E-state index in [0.717, 1.165) is 25.9 Å². The molecule has 0 atom stereocenters. The summed E-state index contributed by atoms with van der Waals surface area (Å²) in [7, 11) is 0. The summed E-state index contributed by atoms with van der Waals surface area (Å²) in [6, 6.07) is 6.44. The zero-order valence-electron chi connectivity index (χ0n) is 10.1. The van der Waals surface area contributed by atoms with Gasteiger partial charge in [-0.15, -0.1) is 0 Å². The zero-order valence-corrected chi connectivity index (χ0v) is 10.1. The maximum atomic E-state index is 11.9. The van der Waals surface area contributed by atoms with Crippen LogP contribution in [-0.4, -0.2) is 17.4 Å². The third-order valence-corrected chi connectivity index (χ3v) is 3.20. The molecule has 0 radical (unpaired) electrons. The van der Waals surface area contributed by atoms with Gasteiger partial charge in [-0.3, -0.25) is 4.79 Å². The minimum absolute atomic E-state index is 0.284. The molecule has 16 heavy (non-hydrogen) atoms. The van der Waals surface area contributed by atoms with Crippen LogP contribution in [0.1, 0.15) is 36.5 Å². The Balaban J connectivity index is 2.15. The SMILES string of the molecule is CCCCN1Cc2ccc(C)cc2CC1=O. The lowest BCUT2D eigenvalue weighted by molar-refractivity contribution is -0.132. The zero-order chi connectivity index (χ0) is 11.5. The van der Waals surface area contributed by atoms with E-state index in [0.29, 0.717) is 6.42 Å². The van der Waals surface area contributed by atoms with Crippen LogP contribution in [0.2, 0.25) is 0 Å². The minimum Gasteiger partial charge on any atom is -0.338 e. The van der Waals surface area contributed by atoms with Crippen molar-refractivity contribution in [3.05, 3.63) is 34.9 Å². The third-order valence-electron chi connectivity index (χ3n) is 3.20. The molecule has 0 N–H and O–H groups in total. The predicted octanol–water partition coefficient (Wildman–Crippen LogP) is 2.68. The maximum Gasteiger partial charge on any atom is 0.227 e. The Hall–Kier alpha value is -1.31. The first-order chi connectivity index (χ1) is 7.70. The minimum atomic E-state index is 0.284. The second-order valence-electron chi connectivity index (χ2n) is 4.62. The summed E-state index contributed by atoms with van der Waals surface area (Å²) in [6.07, 6.45) is 2.83. The number of aryl methyl sites for hydroxylation is 1. The molecule has 0 unspecified atom stereocenters. The summed E-state index contributed by atoms with van der Waals surface area (Å²) in [5.41, 5.74) is 3.78. The molecular weight excluding hydrogens is 198 g/mol. The number of fused-ring (bicyclic) bond motifs is 1. The van der Waals surface area contributed by atoms with E-state index in [9.17, 15) is 4.79 Å². The fraction of sp³-hybridized carbons (Fsp3) is 0.500. The highest BCUT2D eigenvalue weighted by atomic mass is 16.2. The van der Waals surface area contributed by atoms with Gasteiger partial charge in [0.25, 0.3) is 0 Å². The summed E-state index contributed by atoms with van der Waals surface area (Å²) < 4.78 is 0. The van der Waals surface area contributed by atoms with Gasteiger partial charge in [-0.2, -0.15) is 0 Å². The van der Waals surface area contributed by atoms with E-state index in [4.69, 9.17) is 0 Å². The van der Waals surface area contributed by atoms with Gasteiger partial charge in [0.15, 0.2) is 0 Å². The van der Waals surface area contributed by atoms with E-state index in [1.165, 1.54) is 16.7 Å². The van der Waals surface area contributed by atoms with E-state index in [2.05, 4.69) is 32.0 Å². The topological polar surface area (TPSA) is 20.3 Å². The van der Waals surface area contributed by atoms with Crippen molar-refractivity contribution < 1.29 is 4.79 Å². The van der Waals surface area contributed by atoms with Crippen LogP contribution in [0.4, 0.5) is 0 Å². The first-order valence-electron chi connectivity index (χ1n) is 6.07. The summed E-state index contributed by atoms with van der Waals surface area (Å²) in [5.74, 6) is 0.284. The second-order valence-corrected chi connectivity index (χ2v) is 4.62. The van der Waals surface area contributed by atoms with Crippen molar-refractivity contribution in [2.45, 2.75) is 39.7 Å². The van der Waals surface area contributed by atoms with E-state index < -0.39 is 0 Å². The number of amides is 1. The van der Waals surface area contributed by atoms with Gasteiger partial charge in [0.05, 0.1) is 6.42 Å². The lowest BCUT2D eigenvalue weighted by Gasteiger charge is -2.29. The largest absolute Gasteiger partial charge is 0.338 e. The molecule has 0 aliphatic carbocycles. The molecule has 2 heteroatoms. The van der Waals surface area contributed by atoms with Gasteiger partial charge in [0, 0.05) is 13.1 Å². The standard InChI is InChI=1S/C14H19NO/c1-3-4-7-15-10-12-6-5-11(2)8-13(12)9-14(15)16/h5-6,8H,3-4,7,9-10H2,1-2H3. The maximum absolute atomic E-state index is 11.9. The third kappa shape index (κ3) is 2.26. The van der Waals surface area contributed by atoms with Gasteiger partial charge in [-0.05, 0) is 24.5 Å². The Morgan fingerprint density at radius 2 is 2.12 bits per heavy atom. The lowest BCUT2D eigenvalue weighted by Crippen LogP contribution is -2.36. The molecule has 1 aliphatic rings. The molecule has 1 heterocycles. The van der Waals surface area contributed by atoms with E-state index in [1.807, 2.05) is 4.90 Å². The number of carbonyl (C=O) groups excluding carboxylic acids is 1. The normalized spacial score (nSPS) is 15.1. The molecule has 2 nitrogen and oxygen atoms in total. The molecule has 0 fully saturated rings. The van der Waals surface area contributed by atoms with Crippen LogP contribution >= 0.6 is 0 Å². The van der Waals surface area contributed by atoms with Gasteiger partial charge in [-0.1, -0.05) is 37.1 Å². The van der Waals surface area contributed by atoms with Crippen LogP contribution in [0.25, 0.3) is 0 Å². The predicted molar refractivity (Wildman–Crippen MR) is 65.2 cm³/mol. The van der Waals surface area contributed by atoms with Crippen LogP contribution in [0.3, 0.4) is 0 Å². The van der Waals surface area contributed by atoms with Gasteiger partial charge < -0.3 is 4.90 Å². The Morgan fingerprint density at radius 3 is 2.88 bits per heavy atom. The lowest BCUT2D eigenvalue weighted by atomic mass is 9.97.